The smallest absolute Gasteiger partial charge is 0.0378 e. The molecule has 1 rings (SSSR count). The Balaban J connectivity index is 0.000000671. The monoisotopic (exact) mass is 243 g/mol. The molecule has 13 heavy (non-hydrogen) atoms. The summed E-state index contributed by atoms with van der Waals surface area (Å²) < 4.78 is 1.18. The molecule has 0 amide bonds. The second-order valence-corrected chi connectivity index (χ2v) is 3.26. The van der Waals surface area contributed by atoms with Crippen molar-refractivity contribution < 1.29 is 0 Å². The molecule has 2 heteroatoms. The Hall–Kier alpha value is -0.500. The highest BCUT2D eigenvalue weighted by Crippen LogP contribution is 2.26. The Kier molecular flexibility index (Phi) is 6.69. The molecule has 0 bridgehead atoms. The molecule has 0 spiro atoms. The molecule has 1 aliphatic heterocycles. The first kappa shape index (κ1) is 12.5. The zero-order valence-corrected chi connectivity index (χ0v) is 10.2. The third-order valence-electron chi connectivity index (χ3n) is 1.76. The first-order valence-corrected chi connectivity index (χ1v) is 5.50. The third kappa shape index (κ3) is 3.39. The zero-order chi connectivity index (χ0) is 10.3. The van der Waals surface area contributed by atoms with Crippen LogP contribution in [0.4, 0.5) is 0 Å². The minimum atomic E-state index is 1.03. The van der Waals surface area contributed by atoms with Gasteiger partial charge in [0.25, 0.3) is 0 Å². The highest BCUT2D eigenvalue weighted by molar-refractivity contribution is 9.12. The molecule has 0 aromatic carbocycles. The van der Waals surface area contributed by atoms with Crippen molar-refractivity contribution in [2.45, 2.75) is 27.2 Å². The molecule has 0 aromatic heterocycles. The van der Waals surface area contributed by atoms with Crippen molar-refractivity contribution in [2.75, 3.05) is 6.54 Å². The number of rotatable bonds is 2. The van der Waals surface area contributed by atoms with Crippen molar-refractivity contribution in [3.8, 4) is 0 Å². The van der Waals surface area contributed by atoms with Crippen molar-refractivity contribution in [1.29, 1.82) is 0 Å². The Morgan fingerprint density at radius 3 is 2.62 bits per heavy atom. The lowest BCUT2D eigenvalue weighted by Crippen LogP contribution is -2.04. The average Bonchev–Trinajstić information content (AvgIpc) is 2.67. The van der Waals surface area contributed by atoms with Gasteiger partial charge < -0.3 is 5.32 Å². The van der Waals surface area contributed by atoms with Gasteiger partial charge in [-0.25, -0.2) is 0 Å². The standard InChI is InChI=1S/C9H12BrN.C2H6/c1-3-8(10)7-5-6-11-9(7)4-2;1-2/h3-4,11H,2,5-6H2,1H3;1-2H3/b8-3+;. The van der Waals surface area contributed by atoms with E-state index in [0.29, 0.717) is 0 Å². The summed E-state index contributed by atoms with van der Waals surface area (Å²) in [6.45, 7) is 10.8. The topological polar surface area (TPSA) is 12.0 Å². The summed E-state index contributed by atoms with van der Waals surface area (Å²) in [6, 6.07) is 0. The van der Waals surface area contributed by atoms with Gasteiger partial charge in [0, 0.05) is 16.7 Å². The third-order valence-corrected chi connectivity index (χ3v) is 2.70. The van der Waals surface area contributed by atoms with Crippen LogP contribution >= 0.6 is 15.9 Å². The van der Waals surface area contributed by atoms with E-state index in [9.17, 15) is 0 Å². The normalized spacial score (nSPS) is 16.2. The van der Waals surface area contributed by atoms with Crippen LogP contribution in [-0.2, 0) is 0 Å². The molecule has 1 aliphatic rings. The van der Waals surface area contributed by atoms with E-state index in [1.165, 1.54) is 10.1 Å². The van der Waals surface area contributed by atoms with E-state index in [1.54, 1.807) is 0 Å². The van der Waals surface area contributed by atoms with E-state index in [4.69, 9.17) is 0 Å². The minimum Gasteiger partial charge on any atom is -0.384 e. The highest BCUT2D eigenvalue weighted by atomic mass is 79.9. The lowest BCUT2D eigenvalue weighted by molar-refractivity contribution is 0.889. The summed E-state index contributed by atoms with van der Waals surface area (Å²) in [5.41, 5.74) is 2.50. The van der Waals surface area contributed by atoms with Gasteiger partial charge in [0.2, 0.25) is 0 Å². The summed E-state index contributed by atoms with van der Waals surface area (Å²) in [7, 11) is 0. The van der Waals surface area contributed by atoms with E-state index in [-0.39, 0.29) is 0 Å². The number of allylic oxidation sites excluding steroid dienone is 3. The molecular formula is C11H18BrN. The van der Waals surface area contributed by atoms with Gasteiger partial charge in [-0.1, -0.05) is 42.4 Å². The van der Waals surface area contributed by atoms with Gasteiger partial charge in [0.05, 0.1) is 0 Å². The molecule has 0 aliphatic carbocycles. The van der Waals surface area contributed by atoms with Crippen LogP contribution in [0, 0.1) is 0 Å². The molecular weight excluding hydrogens is 226 g/mol. The van der Waals surface area contributed by atoms with E-state index in [0.717, 1.165) is 18.7 Å². The fourth-order valence-corrected chi connectivity index (χ4v) is 1.59. The van der Waals surface area contributed by atoms with Crippen LogP contribution in [0.1, 0.15) is 27.2 Å². The summed E-state index contributed by atoms with van der Waals surface area (Å²) >= 11 is 3.50. The molecule has 0 aromatic rings. The molecule has 0 saturated heterocycles. The van der Waals surface area contributed by atoms with Crippen LogP contribution < -0.4 is 5.32 Å². The van der Waals surface area contributed by atoms with Crippen LogP contribution in [0.25, 0.3) is 0 Å². The van der Waals surface area contributed by atoms with Gasteiger partial charge in [-0.05, 0) is 25.0 Å². The maximum atomic E-state index is 3.74. The molecule has 74 valence electrons. The Bertz CT molecular complexity index is 226. The van der Waals surface area contributed by atoms with E-state index >= 15 is 0 Å². The van der Waals surface area contributed by atoms with Crippen molar-refractivity contribution in [3.63, 3.8) is 0 Å². The maximum absolute atomic E-state index is 3.74. The summed E-state index contributed by atoms with van der Waals surface area (Å²) in [5, 5.41) is 3.26. The average molecular weight is 244 g/mol. The van der Waals surface area contributed by atoms with Gasteiger partial charge in [-0.3, -0.25) is 0 Å². The summed E-state index contributed by atoms with van der Waals surface area (Å²) in [5.74, 6) is 0. The first-order valence-electron chi connectivity index (χ1n) is 4.71. The Morgan fingerprint density at radius 1 is 1.54 bits per heavy atom. The molecule has 0 atom stereocenters. The van der Waals surface area contributed by atoms with Crippen molar-refractivity contribution >= 4 is 15.9 Å². The summed E-state index contributed by atoms with van der Waals surface area (Å²) in [6.07, 6.45) is 5.02. The largest absolute Gasteiger partial charge is 0.384 e. The fourth-order valence-electron chi connectivity index (χ4n) is 1.18. The van der Waals surface area contributed by atoms with Crippen LogP contribution in [0.2, 0.25) is 0 Å². The van der Waals surface area contributed by atoms with E-state index in [2.05, 4.69) is 33.9 Å². The second kappa shape index (κ2) is 6.96. The quantitative estimate of drug-likeness (QED) is 0.780. The highest BCUT2D eigenvalue weighted by Gasteiger charge is 2.12. The molecule has 1 nitrogen and oxygen atoms in total. The van der Waals surface area contributed by atoms with Crippen molar-refractivity contribution in [1.82, 2.24) is 5.32 Å². The molecule has 0 fully saturated rings. The maximum Gasteiger partial charge on any atom is 0.0378 e. The lowest BCUT2D eigenvalue weighted by Gasteiger charge is -1.99. The molecule has 1 heterocycles. The first-order chi connectivity index (χ1) is 6.29. The van der Waals surface area contributed by atoms with Crippen LogP contribution in [0.5, 0.6) is 0 Å². The minimum absolute atomic E-state index is 1.03. The molecule has 0 saturated carbocycles. The fraction of sp³-hybridized carbons (Fsp3) is 0.455. The number of halogens is 1. The predicted octanol–water partition coefficient (Wildman–Crippen LogP) is 3.74. The van der Waals surface area contributed by atoms with E-state index < -0.39 is 0 Å². The van der Waals surface area contributed by atoms with Crippen molar-refractivity contribution in [3.05, 3.63) is 34.5 Å². The van der Waals surface area contributed by atoms with Crippen LogP contribution in [0.3, 0.4) is 0 Å². The molecule has 0 unspecified atom stereocenters. The van der Waals surface area contributed by atoms with Gasteiger partial charge in [0.1, 0.15) is 0 Å². The van der Waals surface area contributed by atoms with Crippen LogP contribution in [0.15, 0.2) is 34.5 Å². The number of hydrogen-bond donors (Lipinski definition) is 1. The van der Waals surface area contributed by atoms with Crippen molar-refractivity contribution in [2.24, 2.45) is 0 Å². The summed E-state index contributed by atoms with van der Waals surface area (Å²) in [4.78, 5) is 0. The molecule has 0 radical (unpaired) electrons. The Morgan fingerprint density at radius 2 is 2.15 bits per heavy atom. The zero-order valence-electron chi connectivity index (χ0n) is 8.65. The van der Waals surface area contributed by atoms with Gasteiger partial charge in [-0.2, -0.15) is 0 Å². The Labute approximate surface area is 89.7 Å². The molecule has 1 N–H and O–H groups in total. The van der Waals surface area contributed by atoms with Gasteiger partial charge in [0.15, 0.2) is 0 Å². The number of hydrogen-bond acceptors (Lipinski definition) is 1. The lowest BCUT2D eigenvalue weighted by atomic mass is 10.2. The number of nitrogens with one attached hydrogen (secondary N) is 1. The van der Waals surface area contributed by atoms with E-state index in [1.807, 2.05) is 26.8 Å². The SMILES string of the molecule is C=CC1=C(/C(Br)=C\C)CCN1.CC. The van der Waals surface area contributed by atoms with Crippen LogP contribution in [-0.4, -0.2) is 6.54 Å². The van der Waals surface area contributed by atoms with Gasteiger partial charge >= 0.3 is 0 Å². The predicted molar refractivity (Wildman–Crippen MR) is 63.9 cm³/mol. The second-order valence-electron chi connectivity index (χ2n) is 2.41. The van der Waals surface area contributed by atoms with Gasteiger partial charge in [-0.15, -0.1) is 0 Å².